The quantitative estimate of drug-likeness (QED) is 0.490. The first-order valence-electron chi connectivity index (χ1n) is 7.34. The standard InChI is InChI=1S/C18H15IN2O4/c1-24-12-6-4-11(5-7-12)21-14-9-10(19)3-8-13(14)16(20)15(17(21)22)18(23)25-2/h3-9H,20H2,1-2H3. The van der Waals surface area contributed by atoms with E-state index in [0.29, 0.717) is 22.3 Å². The number of hydrogen-bond donors (Lipinski definition) is 1. The molecule has 1 aromatic heterocycles. The van der Waals surface area contributed by atoms with E-state index in [9.17, 15) is 9.59 Å². The van der Waals surface area contributed by atoms with E-state index in [0.717, 1.165) is 3.57 Å². The van der Waals surface area contributed by atoms with E-state index >= 15 is 0 Å². The number of methoxy groups -OCH3 is 2. The van der Waals surface area contributed by atoms with Gasteiger partial charge >= 0.3 is 5.97 Å². The van der Waals surface area contributed by atoms with Gasteiger partial charge in [0.25, 0.3) is 5.56 Å². The van der Waals surface area contributed by atoms with Crippen LogP contribution in [0.15, 0.2) is 47.3 Å². The third kappa shape index (κ3) is 2.95. The summed E-state index contributed by atoms with van der Waals surface area (Å²) >= 11 is 2.16. The lowest BCUT2D eigenvalue weighted by atomic mass is 10.1. The SMILES string of the molecule is COC(=O)c1c(N)c2ccc(I)cc2n(-c2ccc(OC)cc2)c1=O. The number of halogens is 1. The van der Waals surface area contributed by atoms with Gasteiger partial charge in [-0.05, 0) is 65.1 Å². The third-order valence-electron chi connectivity index (χ3n) is 3.90. The fraction of sp³-hybridized carbons (Fsp3) is 0.111. The Kier molecular flexibility index (Phi) is 4.67. The molecule has 6 nitrogen and oxygen atoms in total. The Balaban J connectivity index is 2.44. The lowest BCUT2D eigenvalue weighted by Gasteiger charge is -2.15. The molecule has 7 heteroatoms. The normalized spacial score (nSPS) is 10.7. The summed E-state index contributed by atoms with van der Waals surface area (Å²) in [4.78, 5) is 25.1. The zero-order valence-corrected chi connectivity index (χ0v) is 15.7. The van der Waals surface area contributed by atoms with Crippen molar-refractivity contribution in [3.63, 3.8) is 0 Å². The third-order valence-corrected chi connectivity index (χ3v) is 4.57. The fourth-order valence-electron chi connectivity index (χ4n) is 2.68. The summed E-state index contributed by atoms with van der Waals surface area (Å²) in [5.74, 6) is -0.0930. The number of anilines is 1. The van der Waals surface area contributed by atoms with Crippen LogP contribution in [-0.4, -0.2) is 24.8 Å². The number of aromatic nitrogens is 1. The molecule has 2 aromatic carbocycles. The summed E-state index contributed by atoms with van der Waals surface area (Å²) < 4.78 is 12.3. The molecule has 3 aromatic rings. The second-order valence-corrected chi connectivity index (χ2v) is 6.53. The summed E-state index contributed by atoms with van der Waals surface area (Å²) in [6.07, 6.45) is 0. The van der Waals surface area contributed by atoms with E-state index in [-0.39, 0.29) is 11.3 Å². The number of pyridine rings is 1. The maximum Gasteiger partial charge on any atom is 0.345 e. The van der Waals surface area contributed by atoms with Gasteiger partial charge in [0, 0.05) is 14.6 Å². The molecule has 0 amide bonds. The highest BCUT2D eigenvalue weighted by molar-refractivity contribution is 14.1. The highest BCUT2D eigenvalue weighted by atomic mass is 127. The molecule has 2 N–H and O–H groups in total. The van der Waals surface area contributed by atoms with Crippen LogP contribution in [0.5, 0.6) is 5.75 Å². The predicted molar refractivity (Wildman–Crippen MR) is 105 cm³/mol. The van der Waals surface area contributed by atoms with Gasteiger partial charge in [-0.1, -0.05) is 0 Å². The molecule has 1 heterocycles. The first-order valence-corrected chi connectivity index (χ1v) is 8.42. The van der Waals surface area contributed by atoms with E-state index in [2.05, 4.69) is 22.6 Å². The van der Waals surface area contributed by atoms with Gasteiger partial charge in [-0.3, -0.25) is 9.36 Å². The fourth-order valence-corrected chi connectivity index (χ4v) is 3.15. The van der Waals surface area contributed by atoms with E-state index in [1.807, 2.05) is 12.1 Å². The van der Waals surface area contributed by atoms with Gasteiger partial charge in [0.05, 0.1) is 25.4 Å². The summed E-state index contributed by atoms with van der Waals surface area (Å²) in [6, 6.07) is 12.5. The lowest BCUT2D eigenvalue weighted by molar-refractivity contribution is 0.0600. The number of nitrogens with two attached hydrogens (primary N) is 1. The van der Waals surface area contributed by atoms with Crippen LogP contribution in [0.25, 0.3) is 16.6 Å². The first kappa shape index (κ1) is 17.3. The molecule has 0 fully saturated rings. The number of esters is 1. The Labute approximate surface area is 157 Å². The number of rotatable bonds is 3. The molecule has 0 saturated heterocycles. The van der Waals surface area contributed by atoms with E-state index in [1.54, 1.807) is 37.4 Å². The van der Waals surface area contributed by atoms with Crippen LogP contribution in [0.1, 0.15) is 10.4 Å². The maximum atomic E-state index is 13.0. The van der Waals surface area contributed by atoms with Gasteiger partial charge in [-0.15, -0.1) is 0 Å². The zero-order chi connectivity index (χ0) is 18.1. The first-order chi connectivity index (χ1) is 12.0. The smallest absolute Gasteiger partial charge is 0.345 e. The van der Waals surface area contributed by atoms with Crippen LogP contribution in [0.2, 0.25) is 0 Å². The van der Waals surface area contributed by atoms with Crippen LogP contribution < -0.4 is 16.0 Å². The van der Waals surface area contributed by atoms with Crippen molar-refractivity contribution < 1.29 is 14.3 Å². The summed E-state index contributed by atoms with van der Waals surface area (Å²) in [6.45, 7) is 0. The molecule has 0 atom stereocenters. The Morgan fingerprint density at radius 2 is 1.80 bits per heavy atom. The van der Waals surface area contributed by atoms with Crippen LogP contribution >= 0.6 is 22.6 Å². The van der Waals surface area contributed by atoms with Crippen molar-refractivity contribution in [3.8, 4) is 11.4 Å². The molecule has 0 radical (unpaired) electrons. The van der Waals surface area contributed by atoms with Crippen molar-refractivity contribution in [1.82, 2.24) is 4.57 Å². The number of nitrogen functional groups attached to an aromatic ring is 1. The second kappa shape index (κ2) is 6.75. The molecule has 0 unspecified atom stereocenters. The van der Waals surface area contributed by atoms with Gasteiger partial charge in [0.15, 0.2) is 0 Å². The highest BCUT2D eigenvalue weighted by Crippen LogP contribution is 2.27. The molecule has 0 aliphatic carbocycles. The minimum absolute atomic E-state index is 0.119. The van der Waals surface area contributed by atoms with Crippen molar-refractivity contribution in [3.05, 3.63) is 62.0 Å². The van der Waals surface area contributed by atoms with Gasteiger partial charge in [-0.2, -0.15) is 0 Å². The molecule has 128 valence electrons. The minimum Gasteiger partial charge on any atom is -0.497 e. The van der Waals surface area contributed by atoms with E-state index < -0.39 is 11.5 Å². The Hall–Kier alpha value is -2.55. The molecular weight excluding hydrogens is 435 g/mol. The zero-order valence-electron chi connectivity index (χ0n) is 13.6. The molecule has 3 rings (SSSR count). The van der Waals surface area contributed by atoms with Gasteiger partial charge in [0.1, 0.15) is 11.3 Å². The van der Waals surface area contributed by atoms with E-state index in [4.69, 9.17) is 15.2 Å². The number of nitrogens with zero attached hydrogens (tertiary/aromatic N) is 1. The van der Waals surface area contributed by atoms with E-state index in [1.165, 1.54) is 11.7 Å². The Bertz CT molecular complexity index is 1030. The molecule has 25 heavy (non-hydrogen) atoms. The number of fused-ring (bicyclic) bond motifs is 1. The Morgan fingerprint density at radius 1 is 1.12 bits per heavy atom. The van der Waals surface area contributed by atoms with Crippen LogP contribution in [0.4, 0.5) is 5.69 Å². The molecule has 0 aliphatic heterocycles. The molecule has 0 bridgehead atoms. The highest BCUT2D eigenvalue weighted by Gasteiger charge is 2.22. The monoisotopic (exact) mass is 450 g/mol. The summed E-state index contributed by atoms with van der Waals surface area (Å²) in [5, 5.41) is 0.608. The van der Waals surface area contributed by atoms with Gasteiger partial charge in [0.2, 0.25) is 0 Å². The Morgan fingerprint density at radius 3 is 2.40 bits per heavy atom. The summed E-state index contributed by atoms with van der Waals surface area (Å²) in [7, 11) is 2.79. The number of ether oxygens (including phenoxy) is 2. The molecule has 0 spiro atoms. The van der Waals surface area contributed by atoms with Crippen molar-refractivity contribution in [2.75, 3.05) is 20.0 Å². The van der Waals surface area contributed by atoms with Crippen LogP contribution in [0.3, 0.4) is 0 Å². The molecule has 0 aliphatic rings. The lowest BCUT2D eigenvalue weighted by Crippen LogP contribution is -2.28. The average Bonchev–Trinajstić information content (AvgIpc) is 2.62. The predicted octanol–water partition coefficient (Wildman–Crippen LogP) is 2.97. The largest absolute Gasteiger partial charge is 0.497 e. The van der Waals surface area contributed by atoms with Crippen LogP contribution in [0, 0.1) is 3.57 Å². The van der Waals surface area contributed by atoms with Crippen molar-refractivity contribution >= 4 is 45.2 Å². The van der Waals surface area contributed by atoms with Crippen molar-refractivity contribution in [2.45, 2.75) is 0 Å². The topological polar surface area (TPSA) is 83.6 Å². The number of benzene rings is 2. The van der Waals surface area contributed by atoms with Gasteiger partial charge < -0.3 is 15.2 Å². The van der Waals surface area contributed by atoms with Crippen LogP contribution in [-0.2, 0) is 4.74 Å². The molecular formula is C18H15IN2O4. The molecule has 0 saturated carbocycles. The number of carbonyl (C=O) groups excluding carboxylic acids is 1. The number of hydrogen-bond acceptors (Lipinski definition) is 5. The average molecular weight is 450 g/mol. The maximum absolute atomic E-state index is 13.0. The second-order valence-electron chi connectivity index (χ2n) is 5.28. The minimum atomic E-state index is -0.759. The van der Waals surface area contributed by atoms with Crippen molar-refractivity contribution in [1.29, 1.82) is 0 Å². The summed E-state index contributed by atoms with van der Waals surface area (Å²) in [5.41, 5.74) is 6.74. The number of carbonyl (C=O) groups is 1. The van der Waals surface area contributed by atoms with Gasteiger partial charge in [-0.25, -0.2) is 4.79 Å². The van der Waals surface area contributed by atoms with Crippen molar-refractivity contribution in [2.24, 2.45) is 0 Å².